The summed E-state index contributed by atoms with van der Waals surface area (Å²) in [4.78, 5) is 13.3. The molecule has 2 N–H and O–H groups in total. The molecule has 0 spiro atoms. The molecule has 1 amide bonds. The van der Waals surface area contributed by atoms with Crippen molar-refractivity contribution in [2.24, 2.45) is 0 Å². The number of benzene rings is 3. The van der Waals surface area contributed by atoms with Gasteiger partial charge in [0.05, 0.1) is 12.5 Å². The Morgan fingerprint density at radius 3 is 2.29 bits per heavy atom. The smallest absolute Gasteiger partial charge is 0.232 e. The van der Waals surface area contributed by atoms with Crippen molar-refractivity contribution in [1.29, 1.82) is 0 Å². The Bertz CT molecular complexity index is 1020. The fraction of sp³-hybridized carbons (Fsp3) is 0.208. The second-order valence-electron chi connectivity index (χ2n) is 7.52. The standard InChI is InChI=1S/C24H21NO3/c26-23(25-15-24(27)14-13-16-7-1-4-10-19(16)24)22-17-8-2-5-11-20(17)28-21-12-6-3-9-18(21)22/h1-12,22,27H,13-15H2,(H,25,26). The van der Waals surface area contributed by atoms with Gasteiger partial charge in [0.1, 0.15) is 17.1 Å². The molecule has 0 saturated heterocycles. The van der Waals surface area contributed by atoms with E-state index in [9.17, 15) is 9.90 Å². The molecule has 0 fully saturated rings. The van der Waals surface area contributed by atoms with Crippen LogP contribution >= 0.6 is 0 Å². The Balaban J connectivity index is 1.44. The fourth-order valence-corrected chi connectivity index (χ4v) is 4.38. The van der Waals surface area contributed by atoms with Crippen LogP contribution in [0, 0.1) is 0 Å². The summed E-state index contributed by atoms with van der Waals surface area (Å²) < 4.78 is 5.97. The van der Waals surface area contributed by atoms with Crippen LogP contribution in [0.25, 0.3) is 0 Å². The second kappa shape index (κ2) is 6.50. The van der Waals surface area contributed by atoms with Crippen LogP contribution in [0.5, 0.6) is 11.5 Å². The molecule has 28 heavy (non-hydrogen) atoms. The summed E-state index contributed by atoms with van der Waals surface area (Å²) in [5, 5.41) is 14.2. The van der Waals surface area contributed by atoms with Crippen LogP contribution in [0.15, 0.2) is 72.8 Å². The highest BCUT2D eigenvalue weighted by molar-refractivity contribution is 5.89. The average Bonchev–Trinajstić information content (AvgIpc) is 3.08. The number of hydrogen-bond donors (Lipinski definition) is 2. The zero-order valence-corrected chi connectivity index (χ0v) is 15.4. The number of amides is 1. The van der Waals surface area contributed by atoms with Gasteiger partial charge in [0.15, 0.2) is 0 Å². The maximum Gasteiger partial charge on any atom is 0.232 e. The van der Waals surface area contributed by atoms with Gasteiger partial charge in [0.2, 0.25) is 5.91 Å². The van der Waals surface area contributed by atoms with Crippen LogP contribution in [0.4, 0.5) is 0 Å². The van der Waals surface area contributed by atoms with E-state index in [0.717, 1.165) is 28.7 Å². The lowest BCUT2D eigenvalue weighted by Gasteiger charge is -2.29. The highest BCUT2D eigenvalue weighted by Crippen LogP contribution is 2.44. The number of aryl methyl sites for hydroxylation is 1. The van der Waals surface area contributed by atoms with E-state index in [4.69, 9.17) is 4.74 Å². The molecule has 4 heteroatoms. The summed E-state index contributed by atoms with van der Waals surface area (Å²) in [6.07, 6.45) is 1.44. The number of nitrogens with one attached hydrogen (secondary N) is 1. The van der Waals surface area contributed by atoms with Crippen molar-refractivity contribution < 1.29 is 14.6 Å². The SMILES string of the molecule is O=C(NCC1(O)CCc2ccccc21)C1c2ccccc2Oc2ccccc21. The molecule has 3 aromatic carbocycles. The van der Waals surface area contributed by atoms with Gasteiger partial charge in [0.25, 0.3) is 0 Å². The first-order valence-electron chi connectivity index (χ1n) is 9.60. The molecule has 5 rings (SSSR count). The molecule has 0 saturated carbocycles. The number of carbonyl (C=O) groups is 1. The molecular formula is C24H21NO3. The molecule has 1 atom stereocenters. The fourth-order valence-electron chi connectivity index (χ4n) is 4.38. The summed E-state index contributed by atoms with van der Waals surface area (Å²) in [6, 6.07) is 23.2. The summed E-state index contributed by atoms with van der Waals surface area (Å²) in [7, 11) is 0. The number of hydrogen-bond acceptors (Lipinski definition) is 3. The van der Waals surface area contributed by atoms with Crippen molar-refractivity contribution in [2.75, 3.05) is 6.54 Å². The van der Waals surface area contributed by atoms with E-state index in [1.807, 2.05) is 72.8 Å². The average molecular weight is 371 g/mol. The van der Waals surface area contributed by atoms with E-state index in [1.165, 1.54) is 0 Å². The largest absolute Gasteiger partial charge is 0.457 e. The first-order valence-corrected chi connectivity index (χ1v) is 9.60. The van der Waals surface area contributed by atoms with Gasteiger partial charge in [-0.05, 0) is 36.1 Å². The Hall–Kier alpha value is -3.11. The highest BCUT2D eigenvalue weighted by Gasteiger charge is 2.38. The predicted octanol–water partition coefficient (Wildman–Crippen LogP) is 3.87. The molecule has 0 radical (unpaired) electrons. The third-order valence-corrected chi connectivity index (χ3v) is 5.82. The highest BCUT2D eigenvalue weighted by atomic mass is 16.5. The number of carbonyl (C=O) groups excluding carboxylic acids is 1. The van der Waals surface area contributed by atoms with Crippen LogP contribution in [0.1, 0.15) is 34.6 Å². The molecule has 4 nitrogen and oxygen atoms in total. The van der Waals surface area contributed by atoms with Gasteiger partial charge in [-0.2, -0.15) is 0 Å². The van der Waals surface area contributed by atoms with Gasteiger partial charge < -0.3 is 15.2 Å². The third-order valence-electron chi connectivity index (χ3n) is 5.82. The summed E-state index contributed by atoms with van der Waals surface area (Å²) in [5.41, 5.74) is 2.75. The molecular weight excluding hydrogens is 350 g/mol. The van der Waals surface area contributed by atoms with E-state index in [0.29, 0.717) is 17.9 Å². The van der Waals surface area contributed by atoms with Crippen LogP contribution in [0.3, 0.4) is 0 Å². The van der Waals surface area contributed by atoms with E-state index in [1.54, 1.807) is 0 Å². The number of fused-ring (bicyclic) bond motifs is 3. The van der Waals surface area contributed by atoms with E-state index in [2.05, 4.69) is 5.32 Å². The zero-order chi connectivity index (χ0) is 19.1. The number of para-hydroxylation sites is 2. The third kappa shape index (κ3) is 2.69. The van der Waals surface area contributed by atoms with Crippen LogP contribution in [-0.2, 0) is 16.8 Å². The summed E-state index contributed by atoms with van der Waals surface area (Å²) >= 11 is 0. The lowest BCUT2D eigenvalue weighted by atomic mass is 9.87. The van der Waals surface area contributed by atoms with Gasteiger partial charge in [-0.3, -0.25) is 4.79 Å². The van der Waals surface area contributed by atoms with E-state index >= 15 is 0 Å². The topological polar surface area (TPSA) is 58.6 Å². The van der Waals surface area contributed by atoms with Crippen molar-refractivity contribution in [3.8, 4) is 11.5 Å². The van der Waals surface area contributed by atoms with Crippen molar-refractivity contribution in [3.63, 3.8) is 0 Å². The minimum atomic E-state index is -1.02. The lowest BCUT2D eigenvalue weighted by molar-refractivity contribution is -0.123. The predicted molar refractivity (Wildman–Crippen MR) is 106 cm³/mol. The monoisotopic (exact) mass is 371 g/mol. The molecule has 1 aliphatic carbocycles. The van der Waals surface area contributed by atoms with Crippen molar-refractivity contribution in [2.45, 2.75) is 24.4 Å². The molecule has 0 bridgehead atoms. The molecule has 3 aromatic rings. The van der Waals surface area contributed by atoms with Crippen LogP contribution < -0.4 is 10.1 Å². The molecule has 140 valence electrons. The van der Waals surface area contributed by atoms with E-state index in [-0.39, 0.29) is 12.5 Å². The molecule has 2 aliphatic rings. The van der Waals surface area contributed by atoms with Gasteiger partial charge in [-0.25, -0.2) is 0 Å². The first-order chi connectivity index (χ1) is 13.7. The second-order valence-corrected chi connectivity index (χ2v) is 7.52. The lowest BCUT2D eigenvalue weighted by Crippen LogP contribution is -2.41. The summed E-state index contributed by atoms with van der Waals surface area (Å²) in [6.45, 7) is 0.199. The minimum Gasteiger partial charge on any atom is -0.457 e. The Morgan fingerprint density at radius 2 is 1.57 bits per heavy atom. The van der Waals surface area contributed by atoms with Crippen molar-refractivity contribution >= 4 is 5.91 Å². The number of rotatable bonds is 3. The number of aliphatic hydroxyl groups is 1. The maximum atomic E-state index is 13.3. The molecule has 0 aromatic heterocycles. The van der Waals surface area contributed by atoms with Gasteiger partial charge in [0, 0.05) is 11.1 Å². The quantitative estimate of drug-likeness (QED) is 0.735. The zero-order valence-electron chi connectivity index (χ0n) is 15.4. The van der Waals surface area contributed by atoms with Gasteiger partial charge in [-0.15, -0.1) is 0 Å². The Kier molecular flexibility index (Phi) is 3.95. The van der Waals surface area contributed by atoms with Crippen molar-refractivity contribution in [1.82, 2.24) is 5.32 Å². The maximum absolute atomic E-state index is 13.3. The first kappa shape index (κ1) is 17.0. The van der Waals surface area contributed by atoms with E-state index < -0.39 is 11.5 Å². The van der Waals surface area contributed by atoms with Gasteiger partial charge >= 0.3 is 0 Å². The van der Waals surface area contributed by atoms with Crippen LogP contribution in [0.2, 0.25) is 0 Å². The van der Waals surface area contributed by atoms with Crippen molar-refractivity contribution in [3.05, 3.63) is 95.1 Å². The van der Waals surface area contributed by atoms with Gasteiger partial charge in [-0.1, -0.05) is 60.7 Å². The Labute approximate surface area is 163 Å². The summed E-state index contributed by atoms with van der Waals surface area (Å²) in [5.74, 6) is 0.819. The molecule has 1 aliphatic heterocycles. The molecule has 1 unspecified atom stereocenters. The minimum absolute atomic E-state index is 0.124. The number of ether oxygens (including phenoxy) is 1. The molecule has 1 heterocycles. The Morgan fingerprint density at radius 1 is 0.964 bits per heavy atom. The normalized spacial score (nSPS) is 19.9. The van der Waals surface area contributed by atoms with Crippen LogP contribution in [-0.4, -0.2) is 17.6 Å².